The van der Waals surface area contributed by atoms with E-state index in [1.807, 2.05) is 24.3 Å². The lowest BCUT2D eigenvalue weighted by Crippen LogP contribution is -2.44. The summed E-state index contributed by atoms with van der Waals surface area (Å²) in [4.78, 5) is 27.9. The van der Waals surface area contributed by atoms with Crippen molar-refractivity contribution in [2.24, 2.45) is 5.92 Å². The fourth-order valence-corrected chi connectivity index (χ4v) is 2.80. The molecule has 23 heavy (non-hydrogen) atoms. The lowest BCUT2D eigenvalue weighted by Gasteiger charge is -2.17. The summed E-state index contributed by atoms with van der Waals surface area (Å²) >= 11 is 1.22. The van der Waals surface area contributed by atoms with Crippen LogP contribution in [-0.2, 0) is 4.79 Å². The number of carboxylic acids is 1. The second-order valence-electron chi connectivity index (χ2n) is 5.29. The van der Waals surface area contributed by atoms with Gasteiger partial charge < -0.3 is 15.2 Å². The first kappa shape index (κ1) is 17.0. The van der Waals surface area contributed by atoms with Crippen LogP contribution in [0.15, 0.2) is 30.5 Å². The van der Waals surface area contributed by atoms with E-state index in [0.29, 0.717) is 9.88 Å². The highest BCUT2D eigenvalue weighted by atomic mass is 32.1. The van der Waals surface area contributed by atoms with Gasteiger partial charge >= 0.3 is 5.97 Å². The zero-order valence-corrected chi connectivity index (χ0v) is 13.9. The van der Waals surface area contributed by atoms with Crippen LogP contribution in [0.2, 0.25) is 0 Å². The van der Waals surface area contributed by atoms with Crippen LogP contribution < -0.4 is 10.1 Å². The Bertz CT molecular complexity index is 694. The number of ether oxygens (including phenoxy) is 1. The number of carboxylic acid groups (broad SMARTS) is 1. The van der Waals surface area contributed by atoms with Crippen LogP contribution in [0.25, 0.3) is 10.6 Å². The molecule has 1 atom stereocenters. The Morgan fingerprint density at radius 3 is 2.43 bits per heavy atom. The molecular weight excluding hydrogens is 316 g/mol. The van der Waals surface area contributed by atoms with Gasteiger partial charge in [-0.2, -0.15) is 0 Å². The zero-order valence-electron chi connectivity index (χ0n) is 13.1. The molecule has 0 aliphatic rings. The number of aliphatic carboxylic acids is 1. The van der Waals surface area contributed by atoms with Crippen LogP contribution in [0.3, 0.4) is 0 Å². The van der Waals surface area contributed by atoms with E-state index in [9.17, 15) is 9.59 Å². The number of nitrogens with one attached hydrogen (secondary N) is 1. The Balaban J connectivity index is 2.14. The molecular formula is C16H18N2O4S. The summed E-state index contributed by atoms with van der Waals surface area (Å²) in [6.45, 7) is 3.49. The molecule has 0 fully saturated rings. The Morgan fingerprint density at radius 2 is 1.91 bits per heavy atom. The minimum atomic E-state index is -1.05. The number of hydrogen-bond donors (Lipinski definition) is 2. The Labute approximate surface area is 138 Å². The number of benzene rings is 1. The number of rotatable bonds is 6. The molecule has 2 rings (SSSR count). The van der Waals surface area contributed by atoms with E-state index in [-0.39, 0.29) is 5.92 Å². The molecule has 2 N–H and O–H groups in total. The van der Waals surface area contributed by atoms with Crippen LogP contribution in [0.4, 0.5) is 0 Å². The molecule has 0 saturated heterocycles. The molecule has 122 valence electrons. The standard InChI is InChI=1S/C16H18N2O4S/c1-9(2)13(16(20)21)18-14(19)12-8-17-15(23-12)10-4-6-11(22-3)7-5-10/h4-9,13H,1-3H3,(H,18,19)(H,20,21)/t13-/m0/s1. The molecule has 0 bridgehead atoms. The fourth-order valence-electron chi connectivity index (χ4n) is 1.97. The van der Waals surface area contributed by atoms with E-state index in [1.54, 1.807) is 21.0 Å². The van der Waals surface area contributed by atoms with Gasteiger partial charge in [0.25, 0.3) is 5.91 Å². The largest absolute Gasteiger partial charge is 0.497 e. The Morgan fingerprint density at radius 1 is 1.26 bits per heavy atom. The van der Waals surface area contributed by atoms with E-state index in [2.05, 4.69) is 10.3 Å². The maximum atomic E-state index is 12.2. The molecule has 0 radical (unpaired) electrons. The minimum Gasteiger partial charge on any atom is -0.497 e. The topological polar surface area (TPSA) is 88.5 Å². The number of methoxy groups -OCH3 is 1. The molecule has 0 aliphatic carbocycles. The molecule has 0 spiro atoms. The van der Waals surface area contributed by atoms with E-state index in [0.717, 1.165) is 11.3 Å². The van der Waals surface area contributed by atoms with Crippen LogP contribution in [-0.4, -0.2) is 35.1 Å². The van der Waals surface area contributed by atoms with Crippen molar-refractivity contribution >= 4 is 23.2 Å². The van der Waals surface area contributed by atoms with Crippen LogP contribution in [0, 0.1) is 5.92 Å². The third kappa shape index (κ3) is 4.07. The number of hydrogen-bond acceptors (Lipinski definition) is 5. The van der Waals surface area contributed by atoms with Crippen molar-refractivity contribution < 1.29 is 19.4 Å². The lowest BCUT2D eigenvalue weighted by molar-refractivity contribution is -0.140. The van der Waals surface area contributed by atoms with Crippen molar-refractivity contribution in [2.75, 3.05) is 7.11 Å². The van der Waals surface area contributed by atoms with Gasteiger partial charge in [-0.1, -0.05) is 13.8 Å². The quantitative estimate of drug-likeness (QED) is 0.848. The smallest absolute Gasteiger partial charge is 0.326 e. The van der Waals surface area contributed by atoms with Gasteiger partial charge in [-0.25, -0.2) is 9.78 Å². The minimum absolute atomic E-state index is 0.203. The van der Waals surface area contributed by atoms with E-state index >= 15 is 0 Å². The maximum Gasteiger partial charge on any atom is 0.326 e. The fraction of sp³-hybridized carbons (Fsp3) is 0.312. The van der Waals surface area contributed by atoms with Crippen molar-refractivity contribution in [2.45, 2.75) is 19.9 Å². The molecule has 0 unspecified atom stereocenters. The molecule has 0 aliphatic heterocycles. The normalized spacial score (nSPS) is 12.0. The first-order valence-corrected chi connectivity index (χ1v) is 7.88. The summed E-state index contributed by atoms with van der Waals surface area (Å²) in [7, 11) is 1.59. The van der Waals surface area contributed by atoms with Crippen molar-refractivity contribution in [3.8, 4) is 16.3 Å². The monoisotopic (exact) mass is 334 g/mol. The average molecular weight is 334 g/mol. The summed E-state index contributed by atoms with van der Waals surface area (Å²) in [6.07, 6.45) is 1.46. The molecule has 6 nitrogen and oxygen atoms in total. The first-order valence-electron chi connectivity index (χ1n) is 7.06. The van der Waals surface area contributed by atoms with Gasteiger partial charge in [0.15, 0.2) is 0 Å². The Hall–Kier alpha value is -2.41. The highest BCUT2D eigenvalue weighted by Crippen LogP contribution is 2.26. The predicted molar refractivity (Wildman–Crippen MR) is 87.8 cm³/mol. The average Bonchev–Trinajstić information content (AvgIpc) is 3.01. The first-order chi connectivity index (χ1) is 10.9. The second-order valence-corrected chi connectivity index (χ2v) is 6.32. The third-order valence-electron chi connectivity index (χ3n) is 3.29. The Kier molecular flexibility index (Phi) is 5.33. The summed E-state index contributed by atoms with van der Waals surface area (Å²) in [5.74, 6) is -0.938. The number of aromatic nitrogens is 1. The summed E-state index contributed by atoms with van der Waals surface area (Å²) in [5.41, 5.74) is 0.869. The van der Waals surface area contributed by atoms with Gasteiger partial charge in [0, 0.05) is 5.56 Å². The van der Waals surface area contributed by atoms with E-state index in [1.165, 1.54) is 17.5 Å². The number of carbonyl (C=O) groups is 2. The van der Waals surface area contributed by atoms with Gasteiger partial charge in [-0.05, 0) is 30.2 Å². The van der Waals surface area contributed by atoms with Crippen LogP contribution in [0.5, 0.6) is 5.75 Å². The maximum absolute atomic E-state index is 12.2. The molecule has 2 aromatic rings. The number of nitrogens with zero attached hydrogens (tertiary/aromatic N) is 1. The summed E-state index contributed by atoms with van der Waals surface area (Å²) < 4.78 is 5.10. The van der Waals surface area contributed by atoms with Crippen molar-refractivity contribution in [3.05, 3.63) is 35.3 Å². The number of thiazole rings is 1. The van der Waals surface area contributed by atoms with Gasteiger partial charge in [0.05, 0.1) is 13.3 Å². The van der Waals surface area contributed by atoms with Gasteiger partial charge in [-0.3, -0.25) is 4.79 Å². The highest BCUT2D eigenvalue weighted by Gasteiger charge is 2.24. The summed E-state index contributed by atoms with van der Waals surface area (Å²) in [5, 5.41) is 12.3. The summed E-state index contributed by atoms with van der Waals surface area (Å²) in [6, 6.07) is 6.42. The molecule has 1 aromatic heterocycles. The third-order valence-corrected chi connectivity index (χ3v) is 4.33. The van der Waals surface area contributed by atoms with Crippen molar-refractivity contribution in [1.82, 2.24) is 10.3 Å². The van der Waals surface area contributed by atoms with Gasteiger partial charge in [0.2, 0.25) is 0 Å². The SMILES string of the molecule is COc1ccc(-c2ncc(C(=O)N[C@H](C(=O)O)C(C)C)s2)cc1. The zero-order chi connectivity index (χ0) is 17.0. The molecule has 0 saturated carbocycles. The molecule has 1 heterocycles. The van der Waals surface area contributed by atoms with Gasteiger partial charge in [-0.15, -0.1) is 11.3 Å². The van der Waals surface area contributed by atoms with Gasteiger partial charge in [0.1, 0.15) is 21.7 Å². The predicted octanol–water partition coefficient (Wildman–Crippen LogP) is 2.66. The van der Waals surface area contributed by atoms with Crippen LogP contribution >= 0.6 is 11.3 Å². The molecule has 7 heteroatoms. The second kappa shape index (κ2) is 7.23. The van der Waals surface area contributed by atoms with Crippen molar-refractivity contribution in [3.63, 3.8) is 0 Å². The number of amides is 1. The van der Waals surface area contributed by atoms with E-state index < -0.39 is 17.9 Å². The highest BCUT2D eigenvalue weighted by molar-refractivity contribution is 7.16. The van der Waals surface area contributed by atoms with Crippen LogP contribution in [0.1, 0.15) is 23.5 Å². The number of carbonyl (C=O) groups excluding carboxylic acids is 1. The molecule has 1 aromatic carbocycles. The van der Waals surface area contributed by atoms with Crippen molar-refractivity contribution in [1.29, 1.82) is 0 Å². The molecule has 1 amide bonds. The van der Waals surface area contributed by atoms with E-state index in [4.69, 9.17) is 9.84 Å². The lowest BCUT2D eigenvalue weighted by atomic mass is 10.0.